The van der Waals surface area contributed by atoms with E-state index in [0.29, 0.717) is 18.8 Å². The quantitative estimate of drug-likeness (QED) is 0.870. The van der Waals surface area contributed by atoms with Crippen LogP contribution in [0.1, 0.15) is 18.2 Å². The number of furan rings is 1. The van der Waals surface area contributed by atoms with Gasteiger partial charge in [-0.2, -0.15) is 0 Å². The van der Waals surface area contributed by atoms with Crippen molar-refractivity contribution in [1.82, 2.24) is 15.2 Å². The number of nitrogens with one attached hydrogen (secondary N) is 1. The van der Waals surface area contributed by atoms with Crippen LogP contribution in [-0.2, 0) is 22.7 Å². The molecule has 0 saturated carbocycles. The molecule has 2 aromatic heterocycles. The summed E-state index contributed by atoms with van der Waals surface area (Å²) in [6.45, 7) is 2.15. The Bertz CT molecular complexity index is 581. The van der Waals surface area contributed by atoms with Crippen molar-refractivity contribution < 1.29 is 14.0 Å². The predicted molar refractivity (Wildman–Crippen MR) is 75.9 cm³/mol. The zero-order valence-electron chi connectivity index (χ0n) is 11.8. The Labute approximate surface area is 122 Å². The topological polar surface area (TPSA) is 75.4 Å². The van der Waals surface area contributed by atoms with E-state index in [9.17, 15) is 9.59 Å². The van der Waals surface area contributed by atoms with Gasteiger partial charge in [0, 0.05) is 25.9 Å². The SMILES string of the molecule is CC(=O)N(CC(=O)NCc1ccco1)Cc1ccncc1. The summed E-state index contributed by atoms with van der Waals surface area (Å²) in [6.07, 6.45) is 4.86. The predicted octanol–water partition coefficient (Wildman–Crippen LogP) is 1.34. The summed E-state index contributed by atoms with van der Waals surface area (Å²) in [4.78, 5) is 28.9. The highest BCUT2D eigenvalue weighted by Gasteiger charge is 2.14. The third-order valence-electron chi connectivity index (χ3n) is 2.94. The lowest BCUT2D eigenvalue weighted by atomic mass is 10.2. The maximum atomic E-state index is 11.9. The fourth-order valence-corrected chi connectivity index (χ4v) is 1.82. The average molecular weight is 287 g/mol. The highest BCUT2D eigenvalue weighted by Crippen LogP contribution is 2.04. The lowest BCUT2D eigenvalue weighted by molar-refractivity contribution is -0.135. The van der Waals surface area contributed by atoms with Crippen LogP contribution in [0.25, 0.3) is 0 Å². The van der Waals surface area contributed by atoms with E-state index in [1.165, 1.54) is 11.8 Å². The second kappa shape index (κ2) is 7.23. The largest absolute Gasteiger partial charge is 0.467 e. The highest BCUT2D eigenvalue weighted by atomic mass is 16.3. The van der Waals surface area contributed by atoms with Gasteiger partial charge in [0.25, 0.3) is 0 Å². The summed E-state index contributed by atoms with van der Waals surface area (Å²) in [5.74, 6) is 0.294. The highest BCUT2D eigenvalue weighted by molar-refractivity contribution is 5.83. The normalized spacial score (nSPS) is 10.1. The van der Waals surface area contributed by atoms with Crippen LogP contribution in [0.2, 0.25) is 0 Å². The summed E-state index contributed by atoms with van der Waals surface area (Å²) < 4.78 is 5.13. The molecule has 0 aliphatic carbocycles. The second-order valence-electron chi connectivity index (χ2n) is 4.59. The zero-order chi connectivity index (χ0) is 15.1. The van der Waals surface area contributed by atoms with Gasteiger partial charge in [0.05, 0.1) is 19.4 Å². The van der Waals surface area contributed by atoms with E-state index in [0.717, 1.165) is 5.56 Å². The zero-order valence-corrected chi connectivity index (χ0v) is 11.8. The van der Waals surface area contributed by atoms with Crippen molar-refractivity contribution in [2.75, 3.05) is 6.54 Å². The molecule has 0 aromatic carbocycles. The van der Waals surface area contributed by atoms with E-state index in [4.69, 9.17) is 4.42 Å². The minimum absolute atomic E-state index is 0.0123. The molecule has 110 valence electrons. The number of hydrogen-bond acceptors (Lipinski definition) is 4. The maximum Gasteiger partial charge on any atom is 0.240 e. The van der Waals surface area contributed by atoms with Crippen molar-refractivity contribution in [2.45, 2.75) is 20.0 Å². The molecular weight excluding hydrogens is 270 g/mol. The molecule has 0 bridgehead atoms. The molecular formula is C15H17N3O3. The van der Waals surface area contributed by atoms with Crippen molar-refractivity contribution in [2.24, 2.45) is 0 Å². The molecule has 0 radical (unpaired) electrons. The van der Waals surface area contributed by atoms with Crippen molar-refractivity contribution in [3.05, 3.63) is 54.2 Å². The van der Waals surface area contributed by atoms with Gasteiger partial charge < -0.3 is 14.6 Å². The van der Waals surface area contributed by atoms with Crippen LogP contribution < -0.4 is 5.32 Å². The molecule has 6 nitrogen and oxygen atoms in total. The van der Waals surface area contributed by atoms with Crippen LogP contribution in [0.4, 0.5) is 0 Å². The smallest absolute Gasteiger partial charge is 0.240 e. The molecule has 0 aliphatic heterocycles. The van der Waals surface area contributed by atoms with Crippen molar-refractivity contribution in [1.29, 1.82) is 0 Å². The molecule has 6 heteroatoms. The number of rotatable bonds is 6. The van der Waals surface area contributed by atoms with Crippen LogP contribution in [0, 0.1) is 0 Å². The molecule has 2 heterocycles. The second-order valence-corrected chi connectivity index (χ2v) is 4.59. The molecule has 0 aliphatic rings. The summed E-state index contributed by atoms with van der Waals surface area (Å²) >= 11 is 0. The van der Waals surface area contributed by atoms with Crippen molar-refractivity contribution >= 4 is 11.8 Å². The van der Waals surface area contributed by atoms with Crippen LogP contribution >= 0.6 is 0 Å². The maximum absolute atomic E-state index is 11.9. The first-order valence-electron chi connectivity index (χ1n) is 6.58. The van der Waals surface area contributed by atoms with E-state index < -0.39 is 0 Å². The van der Waals surface area contributed by atoms with Gasteiger partial charge >= 0.3 is 0 Å². The van der Waals surface area contributed by atoms with Gasteiger partial charge in [-0.1, -0.05) is 0 Å². The van der Waals surface area contributed by atoms with Gasteiger partial charge in [-0.05, 0) is 29.8 Å². The third-order valence-corrected chi connectivity index (χ3v) is 2.94. The minimum Gasteiger partial charge on any atom is -0.467 e. The fourth-order valence-electron chi connectivity index (χ4n) is 1.82. The Morgan fingerprint density at radius 3 is 2.67 bits per heavy atom. The molecule has 2 aromatic rings. The minimum atomic E-state index is -0.226. The van der Waals surface area contributed by atoms with Crippen molar-refractivity contribution in [3.8, 4) is 0 Å². The molecule has 21 heavy (non-hydrogen) atoms. The molecule has 0 atom stereocenters. The molecule has 2 rings (SSSR count). The molecule has 0 spiro atoms. The number of amides is 2. The van der Waals surface area contributed by atoms with Gasteiger partial charge in [0.2, 0.25) is 11.8 Å². The summed E-state index contributed by atoms with van der Waals surface area (Å²) in [5.41, 5.74) is 0.930. The summed E-state index contributed by atoms with van der Waals surface area (Å²) in [5, 5.41) is 2.72. The average Bonchev–Trinajstić information content (AvgIpc) is 2.99. The van der Waals surface area contributed by atoms with E-state index in [2.05, 4.69) is 10.3 Å². The van der Waals surface area contributed by atoms with Gasteiger partial charge in [-0.25, -0.2) is 0 Å². The van der Waals surface area contributed by atoms with Crippen molar-refractivity contribution in [3.63, 3.8) is 0 Å². The van der Waals surface area contributed by atoms with Gasteiger partial charge in [0.1, 0.15) is 5.76 Å². The number of nitrogens with zero attached hydrogens (tertiary/aromatic N) is 2. The Morgan fingerprint density at radius 1 is 1.29 bits per heavy atom. The Hall–Kier alpha value is -2.63. The van der Waals surface area contributed by atoms with E-state index in [1.807, 2.05) is 12.1 Å². The first kappa shape index (κ1) is 14.8. The molecule has 0 fully saturated rings. The molecule has 2 amide bonds. The van der Waals surface area contributed by atoms with E-state index >= 15 is 0 Å². The van der Waals surface area contributed by atoms with Gasteiger partial charge in [0.15, 0.2) is 0 Å². The molecule has 0 unspecified atom stereocenters. The lowest BCUT2D eigenvalue weighted by Crippen LogP contribution is -2.39. The lowest BCUT2D eigenvalue weighted by Gasteiger charge is -2.20. The van der Waals surface area contributed by atoms with Crippen LogP contribution in [0.5, 0.6) is 0 Å². The van der Waals surface area contributed by atoms with Gasteiger partial charge in [-0.3, -0.25) is 14.6 Å². The third kappa shape index (κ3) is 4.76. The van der Waals surface area contributed by atoms with E-state index in [1.54, 1.807) is 30.8 Å². The number of hydrogen-bond donors (Lipinski definition) is 1. The first-order valence-corrected chi connectivity index (χ1v) is 6.58. The number of carbonyl (C=O) groups excluding carboxylic acids is 2. The Balaban J connectivity index is 1.87. The molecule has 0 saturated heterocycles. The molecule has 1 N–H and O–H groups in total. The Morgan fingerprint density at radius 2 is 2.05 bits per heavy atom. The standard InChI is InChI=1S/C15H17N3O3/c1-12(19)18(10-13-4-6-16-7-5-13)11-15(20)17-9-14-3-2-8-21-14/h2-8H,9-11H2,1H3,(H,17,20). The number of carbonyl (C=O) groups is 2. The van der Waals surface area contributed by atoms with Crippen LogP contribution in [0.3, 0.4) is 0 Å². The fraction of sp³-hybridized carbons (Fsp3) is 0.267. The van der Waals surface area contributed by atoms with Crippen LogP contribution in [0.15, 0.2) is 47.3 Å². The first-order chi connectivity index (χ1) is 10.1. The van der Waals surface area contributed by atoms with Gasteiger partial charge in [-0.15, -0.1) is 0 Å². The monoisotopic (exact) mass is 287 g/mol. The summed E-state index contributed by atoms with van der Waals surface area (Å²) in [7, 11) is 0. The van der Waals surface area contributed by atoms with Crippen LogP contribution in [-0.4, -0.2) is 28.2 Å². The summed E-state index contributed by atoms with van der Waals surface area (Å²) in [6, 6.07) is 7.17. The number of pyridine rings is 1. The number of aromatic nitrogens is 1. The Kier molecular flexibility index (Phi) is 5.09. The van der Waals surface area contributed by atoms with E-state index in [-0.39, 0.29) is 18.4 Å².